The van der Waals surface area contributed by atoms with Crippen LogP contribution in [0.15, 0.2) is 24.3 Å². The van der Waals surface area contributed by atoms with Crippen molar-refractivity contribution in [2.24, 2.45) is 0 Å². The smallest absolute Gasteiger partial charge is 0.328 e. The van der Waals surface area contributed by atoms with E-state index in [4.69, 9.17) is 10.4 Å². The molecule has 1 aromatic carbocycles. The number of carboxylic acids is 1. The Balaban J connectivity index is 2.86. The summed E-state index contributed by atoms with van der Waals surface area (Å²) in [7, 11) is 0. The number of aliphatic hydroxyl groups is 1. The largest absolute Gasteiger partial charge is 0.480 e. The first-order valence-corrected chi connectivity index (χ1v) is 5.63. The van der Waals surface area contributed by atoms with E-state index in [2.05, 4.69) is 5.32 Å². The third-order valence-electron chi connectivity index (χ3n) is 2.51. The zero-order valence-electron chi connectivity index (χ0n) is 10.3. The maximum atomic E-state index is 11.9. The third-order valence-corrected chi connectivity index (χ3v) is 2.51. The van der Waals surface area contributed by atoms with E-state index in [0.717, 1.165) is 0 Å². The van der Waals surface area contributed by atoms with Gasteiger partial charge in [-0.25, -0.2) is 4.79 Å². The fourth-order valence-corrected chi connectivity index (χ4v) is 1.53. The van der Waals surface area contributed by atoms with Crippen molar-refractivity contribution in [1.29, 1.82) is 5.26 Å². The van der Waals surface area contributed by atoms with E-state index in [9.17, 15) is 14.7 Å². The van der Waals surface area contributed by atoms with Crippen LogP contribution in [0.2, 0.25) is 0 Å². The van der Waals surface area contributed by atoms with Gasteiger partial charge in [0.2, 0.25) is 0 Å². The molecule has 0 saturated heterocycles. The molecule has 2 atom stereocenters. The third kappa shape index (κ3) is 4.08. The number of benzene rings is 1. The van der Waals surface area contributed by atoms with Gasteiger partial charge in [0.05, 0.1) is 18.6 Å². The van der Waals surface area contributed by atoms with Crippen molar-refractivity contribution in [3.05, 3.63) is 35.4 Å². The Morgan fingerprint density at radius 1 is 1.47 bits per heavy atom. The van der Waals surface area contributed by atoms with E-state index in [1.54, 1.807) is 12.1 Å². The van der Waals surface area contributed by atoms with Gasteiger partial charge in [-0.3, -0.25) is 4.79 Å². The van der Waals surface area contributed by atoms with Crippen molar-refractivity contribution in [3.63, 3.8) is 0 Å². The number of carbonyl (C=O) groups is 2. The van der Waals surface area contributed by atoms with Crippen molar-refractivity contribution in [1.82, 2.24) is 5.32 Å². The predicted octanol–water partition coefficient (Wildman–Crippen LogP) is 0.316. The van der Waals surface area contributed by atoms with Crippen LogP contribution in [0, 0.1) is 11.3 Å². The summed E-state index contributed by atoms with van der Waals surface area (Å²) in [6.45, 7) is 1.28. The normalized spacial score (nSPS) is 13.1. The minimum absolute atomic E-state index is 0.167. The highest BCUT2D eigenvalue weighted by molar-refractivity contribution is 5.96. The summed E-state index contributed by atoms with van der Waals surface area (Å²) in [6, 6.07) is 6.93. The van der Waals surface area contributed by atoms with E-state index >= 15 is 0 Å². The van der Waals surface area contributed by atoms with E-state index < -0.39 is 24.0 Å². The summed E-state index contributed by atoms with van der Waals surface area (Å²) in [6.07, 6.45) is -1.04. The molecule has 0 saturated carbocycles. The van der Waals surface area contributed by atoms with Gasteiger partial charge in [0, 0.05) is 5.56 Å². The highest BCUT2D eigenvalue weighted by Gasteiger charge is 2.25. The molecule has 1 aromatic rings. The Kier molecular flexibility index (Phi) is 5.03. The summed E-state index contributed by atoms with van der Waals surface area (Å²) in [5.74, 6) is -1.91. The molecule has 19 heavy (non-hydrogen) atoms. The lowest BCUT2D eigenvalue weighted by Gasteiger charge is -2.17. The molecule has 0 heterocycles. The maximum absolute atomic E-state index is 11.9. The molecule has 1 rings (SSSR count). The number of rotatable bonds is 5. The zero-order valence-corrected chi connectivity index (χ0v) is 10.3. The second-order valence-electron chi connectivity index (χ2n) is 4.07. The van der Waals surface area contributed by atoms with Gasteiger partial charge in [0.25, 0.3) is 5.91 Å². The van der Waals surface area contributed by atoms with Gasteiger partial charge in [0.1, 0.15) is 0 Å². The minimum Gasteiger partial charge on any atom is -0.480 e. The quantitative estimate of drug-likeness (QED) is 0.707. The average Bonchev–Trinajstić information content (AvgIpc) is 2.35. The van der Waals surface area contributed by atoms with Gasteiger partial charge in [-0.05, 0) is 24.6 Å². The highest BCUT2D eigenvalue weighted by Crippen LogP contribution is 2.07. The monoisotopic (exact) mass is 262 g/mol. The number of aliphatic carboxylic acids is 1. The fraction of sp³-hybridized carbons (Fsp3) is 0.308. The van der Waals surface area contributed by atoms with Crippen LogP contribution in [0.4, 0.5) is 0 Å². The lowest BCUT2D eigenvalue weighted by molar-refractivity contribution is -0.141. The number of nitriles is 1. The number of carboxylic acid groups (broad SMARTS) is 1. The van der Waals surface area contributed by atoms with Crippen LogP contribution in [0.5, 0.6) is 0 Å². The van der Waals surface area contributed by atoms with Gasteiger partial charge < -0.3 is 15.5 Å². The van der Waals surface area contributed by atoms with Crippen LogP contribution < -0.4 is 5.32 Å². The standard InChI is InChI=1S/C13H14N2O4/c1-8(16)11(13(18)19)15-12(17)10-4-2-3-9(7-10)5-6-14/h2-4,7-8,11,16H,5H2,1H3,(H,15,17)(H,18,19). The number of nitrogens with one attached hydrogen (secondary N) is 1. The molecule has 3 N–H and O–H groups in total. The Bertz CT molecular complexity index is 520. The maximum Gasteiger partial charge on any atom is 0.328 e. The fourth-order valence-electron chi connectivity index (χ4n) is 1.53. The molecule has 0 aliphatic carbocycles. The van der Waals surface area contributed by atoms with Crippen molar-refractivity contribution in [2.45, 2.75) is 25.5 Å². The van der Waals surface area contributed by atoms with Crippen molar-refractivity contribution in [3.8, 4) is 6.07 Å². The lowest BCUT2D eigenvalue weighted by atomic mass is 10.1. The molecular weight excluding hydrogens is 248 g/mol. The number of carbonyl (C=O) groups excluding carboxylic acids is 1. The molecule has 1 amide bonds. The Labute approximate surface area is 110 Å². The molecule has 0 bridgehead atoms. The Morgan fingerprint density at radius 2 is 2.16 bits per heavy atom. The molecule has 0 aliphatic heterocycles. The summed E-state index contributed by atoms with van der Waals surface area (Å²) < 4.78 is 0. The minimum atomic E-state index is -1.37. The Morgan fingerprint density at radius 3 is 2.68 bits per heavy atom. The van der Waals surface area contributed by atoms with E-state index in [1.165, 1.54) is 19.1 Å². The zero-order chi connectivity index (χ0) is 14.4. The molecule has 100 valence electrons. The van der Waals surface area contributed by atoms with Crippen LogP contribution in [-0.4, -0.2) is 34.2 Å². The first kappa shape index (κ1) is 14.7. The average molecular weight is 262 g/mol. The number of amides is 1. The molecule has 6 heteroatoms. The highest BCUT2D eigenvalue weighted by atomic mass is 16.4. The van der Waals surface area contributed by atoms with E-state index in [1.807, 2.05) is 6.07 Å². The number of hydrogen-bond donors (Lipinski definition) is 3. The lowest BCUT2D eigenvalue weighted by Crippen LogP contribution is -2.47. The summed E-state index contributed by atoms with van der Waals surface area (Å²) in [4.78, 5) is 22.7. The second kappa shape index (κ2) is 6.52. The van der Waals surface area contributed by atoms with Crippen LogP contribution in [0.1, 0.15) is 22.8 Å². The topological polar surface area (TPSA) is 110 Å². The van der Waals surface area contributed by atoms with E-state index in [0.29, 0.717) is 5.56 Å². The molecular formula is C13H14N2O4. The van der Waals surface area contributed by atoms with Gasteiger partial charge >= 0.3 is 5.97 Å². The SMILES string of the molecule is CC(O)C(NC(=O)c1cccc(CC#N)c1)C(=O)O. The van der Waals surface area contributed by atoms with Gasteiger partial charge in [-0.2, -0.15) is 5.26 Å². The molecule has 0 aromatic heterocycles. The summed E-state index contributed by atoms with van der Waals surface area (Å²) in [5.41, 5.74) is 0.915. The summed E-state index contributed by atoms with van der Waals surface area (Å²) >= 11 is 0. The van der Waals surface area contributed by atoms with Gasteiger partial charge in [-0.1, -0.05) is 12.1 Å². The first-order valence-electron chi connectivity index (χ1n) is 5.63. The summed E-state index contributed by atoms with van der Waals surface area (Å²) in [5, 5.41) is 28.9. The molecule has 0 aliphatic rings. The van der Waals surface area contributed by atoms with Gasteiger partial charge in [0.15, 0.2) is 6.04 Å². The predicted molar refractivity (Wildman–Crippen MR) is 66.3 cm³/mol. The molecule has 6 nitrogen and oxygen atoms in total. The number of hydrogen-bond acceptors (Lipinski definition) is 4. The molecule has 2 unspecified atom stereocenters. The first-order chi connectivity index (χ1) is 8.95. The number of aliphatic hydroxyl groups excluding tert-OH is 1. The molecule has 0 spiro atoms. The van der Waals surface area contributed by atoms with Crippen LogP contribution >= 0.6 is 0 Å². The molecule has 0 radical (unpaired) electrons. The number of nitrogens with zero attached hydrogens (tertiary/aromatic N) is 1. The van der Waals surface area contributed by atoms with Crippen LogP contribution in [0.25, 0.3) is 0 Å². The van der Waals surface area contributed by atoms with Crippen LogP contribution in [0.3, 0.4) is 0 Å². The van der Waals surface area contributed by atoms with E-state index in [-0.39, 0.29) is 12.0 Å². The Hall–Kier alpha value is -2.39. The van der Waals surface area contributed by atoms with Crippen LogP contribution in [-0.2, 0) is 11.2 Å². The van der Waals surface area contributed by atoms with Gasteiger partial charge in [-0.15, -0.1) is 0 Å². The van der Waals surface area contributed by atoms with Crippen molar-refractivity contribution in [2.75, 3.05) is 0 Å². The second-order valence-corrected chi connectivity index (χ2v) is 4.07. The molecule has 0 fully saturated rings. The van der Waals surface area contributed by atoms with Crippen molar-refractivity contribution < 1.29 is 19.8 Å². The van der Waals surface area contributed by atoms with Crippen molar-refractivity contribution >= 4 is 11.9 Å².